The van der Waals surface area contributed by atoms with Gasteiger partial charge in [0.1, 0.15) is 0 Å². The molecule has 0 unspecified atom stereocenters. The Hall–Kier alpha value is -2.82. The highest BCUT2D eigenvalue weighted by Gasteiger charge is 2.15. The number of nitrogens with one attached hydrogen (secondary N) is 3. The maximum absolute atomic E-state index is 11.9. The third-order valence-electron chi connectivity index (χ3n) is 3.29. The molecule has 106 valence electrons. The number of benzene rings is 2. The van der Waals surface area contributed by atoms with Crippen molar-refractivity contribution in [2.75, 3.05) is 16.0 Å². The number of hydrogen-bond donors (Lipinski definition) is 3. The molecule has 0 atom stereocenters. The fraction of sp³-hybridized carbons (Fsp3) is 0.125. The maximum Gasteiger partial charge on any atom is 0.323 e. The summed E-state index contributed by atoms with van der Waals surface area (Å²) in [7, 11) is 0. The molecular formula is C16H15N3O2. The first kappa shape index (κ1) is 13.2. The summed E-state index contributed by atoms with van der Waals surface area (Å²) in [5.74, 6) is 0.0324. The summed E-state index contributed by atoms with van der Waals surface area (Å²) in [6, 6.07) is 14.4. The molecule has 0 spiro atoms. The molecule has 1 aliphatic heterocycles. The minimum Gasteiger partial charge on any atom is -0.326 e. The van der Waals surface area contributed by atoms with Crippen molar-refractivity contribution in [2.45, 2.75) is 12.8 Å². The summed E-state index contributed by atoms with van der Waals surface area (Å²) in [4.78, 5) is 23.2. The second-order valence-electron chi connectivity index (χ2n) is 4.87. The number of hydrogen-bond acceptors (Lipinski definition) is 2. The van der Waals surface area contributed by atoms with E-state index in [-0.39, 0.29) is 11.9 Å². The number of carbonyl (C=O) groups is 2. The van der Waals surface area contributed by atoms with Crippen LogP contribution in [-0.2, 0) is 11.2 Å². The number of anilines is 3. The Balaban J connectivity index is 1.68. The van der Waals surface area contributed by atoms with Gasteiger partial charge in [0.15, 0.2) is 0 Å². The van der Waals surface area contributed by atoms with E-state index in [9.17, 15) is 9.59 Å². The summed E-state index contributed by atoms with van der Waals surface area (Å²) in [5, 5.41) is 8.36. The number of para-hydroxylation sites is 1. The lowest BCUT2D eigenvalue weighted by atomic mass is 10.0. The van der Waals surface area contributed by atoms with Gasteiger partial charge < -0.3 is 16.0 Å². The van der Waals surface area contributed by atoms with Gasteiger partial charge in [-0.05, 0) is 42.3 Å². The largest absolute Gasteiger partial charge is 0.326 e. The van der Waals surface area contributed by atoms with Crippen LogP contribution in [0.3, 0.4) is 0 Å². The Labute approximate surface area is 122 Å². The smallest absolute Gasteiger partial charge is 0.323 e. The zero-order chi connectivity index (χ0) is 14.7. The van der Waals surface area contributed by atoms with Crippen molar-refractivity contribution in [2.24, 2.45) is 0 Å². The zero-order valence-corrected chi connectivity index (χ0v) is 11.3. The first-order chi connectivity index (χ1) is 10.2. The van der Waals surface area contributed by atoms with Crippen molar-refractivity contribution in [1.29, 1.82) is 0 Å². The molecule has 3 rings (SSSR count). The van der Waals surface area contributed by atoms with Crippen LogP contribution in [-0.4, -0.2) is 11.9 Å². The minimum absolute atomic E-state index is 0.0324. The van der Waals surface area contributed by atoms with E-state index < -0.39 is 0 Å². The van der Waals surface area contributed by atoms with Gasteiger partial charge in [0, 0.05) is 23.5 Å². The molecule has 3 amide bonds. The van der Waals surface area contributed by atoms with Crippen molar-refractivity contribution in [3.8, 4) is 0 Å². The van der Waals surface area contributed by atoms with Crippen LogP contribution in [0, 0.1) is 0 Å². The molecule has 0 bridgehead atoms. The quantitative estimate of drug-likeness (QED) is 0.791. The highest BCUT2D eigenvalue weighted by atomic mass is 16.2. The molecule has 5 nitrogen and oxygen atoms in total. The standard InChI is InChI=1S/C16H15N3O2/c20-15-9-6-11-10-13(7-8-14(11)19-15)18-16(21)17-12-4-2-1-3-5-12/h1-5,7-8,10H,6,9H2,(H,19,20)(H2,17,18,21). The van der Waals surface area contributed by atoms with Gasteiger partial charge in [-0.1, -0.05) is 18.2 Å². The average molecular weight is 281 g/mol. The van der Waals surface area contributed by atoms with Crippen LogP contribution < -0.4 is 16.0 Å². The van der Waals surface area contributed by atoms with Gasteiger partial charge in [0.2, 0.25) is 5.91 Å². The molecule has 5 heteroatoms. The predicted molar refractivity (Wildman–Crippen MR) is 82.5 cm³/mol. The summed E-state index contributed by atoms with van der Waals surface area (Å²) in [6.45, 7) is 0. The normalized spacial score (nSPS) is 13.0. The molecule has 0 saturated heterocycles. The van der Waals surface area contributed by atoms with E-state index in [0.717, 1.165) is 16.9 Å². The monoisotopic (exact) mass is 281 g/mol. The van der Waals surface area contributed by atoms with Gasteiger partial charge in [0.05, 0.1) is 0 Å². The van der Waals surface area contributed by atoms with Crippen LogP contribution in [0.1, 0.15) is 12.0 Å². The molecule has 0 aromatic heterocycles. The van der Waals surface area contributed by atoms with E-state index in [1.165, 1.54) is 0 Å². The maximum atomic E-state index is 11.9. The molecule has 2 aromatic carbocycles. The SMILES string of the molecule is O=C1CCc2cc(NC(=O)Nc3ccccc3)ccc2N1. The average Bonchev–Trinajstić information content (AvgIpc) is 2.48. The molecule has 0 aliphatic carbocycles. The van der Waals surface area contributed by atoms with E-state index in [4.69, 9.17) is 0 Å². The number of urea groups is 1. The van der Waals surface area contributed by atoms with E-state index in [1.807, 2.05) is 42.5 Å². The van der Waals surface area contributed by atoms with E-state index >= 15 is 0 Å². The van der Waals surface area contributed by atoms with E-state index in [1.54, 1.807) is 6.07 Å². The minimum atomic E-state index is -0.291. The number of fused-ring (bicyclic) bond motifs is 1. The lowest BCUT2D eigenvalue weighted by molar-refractivity contribution is -0.116. The van der Waals surface area contributed by atoms with Crippen LogP contribution in [0.15, 0.2) is 48.5 Å². The van der Waals surface area contributed by atoms with Crippen molar-refractivity contribution >= 4 is 29.0 Å². The number of rotatable bonds is 2. The molecular weight excluding hydrogens is 266 g/mol. The third kappa shape index (κ3) is 3.20. The van der Waals surface area contributed by atoms with Gasteiger partial charge in [0.25, 0.3) is 0 Å². The molecule has 1 heterocycles. The zero-order valence-electron chi connectivity index (χ0n) is 11.3. The Bertz CT molecular complexity index is 683. The highest BCUT2D eigenvalue weighted by Crippen LogP contribution is 2.25. The number of amides is 3. The molecule has 1 aliphatic rings. The highest BCUT2D eigenvalue weighted by molar-refractivity contribution is 6.00. The topological polar surface area (TPSA) is 70.2 Å². The summed E-state index contributed by atoms with van der Waals surface area (Å²) in [6.07, 6.45) is 1.17. The summed E-state index contributed by atoms with van der Waals surface area (Å²) >= 11 is 0. The number of aryl methyl sites for hydroxylation is 1. The van der Waals surface area contributed by atoms with Gasteiger partial charge in [-0.15, -0.1) is 0 Å². The van der Waals surface area contributed by atoms with Crippen LogP contribution in [0.4, 0.5) is 21.9 Å². The van der Waals surface area contributed by atoms with Gasteiger partial charge in [-0.25, -0.2) is 4.79 Å². The van der Waals surface area contributed by atoms with Crippen LogP contribution in [0.25, 0.3) is 0 Å². The Kier molecular flexibility index (Phi) is 3.55. The van der Waals surface area contributed by atoms with Crippen molar-refractivity contribution in [3.63, 3.8) is 0 Å². The van der Waals surface area contributed by atoms with Gasteiger partial charge in [-0.3, -0.25) is 4.79 Å². The molecule has 0 radical (unpaired) electrons. The van der Waals surface area contributed by atoms with Crippen LogP contribution in [0.2, 0.25) is 0 Å². The van der Waals surface area contributed by atoms with Gasteiger partial charge in [-0.2, -0.15) is 0 Å². The summed E-state index contributed by atoms with van der Waals surface area (Å²) in [5.41, 5.74) is 3.30. The van der Waals surface area contributed by atoms with E-state index in [0.29, 0.717) is 18.5 Å². The second kappa shape index (κ2) is 5.66. The lowest BCUT2D eigenvalue weighted by Gasteiger charge is -2.17. The Morgan fingerprint density at radius 1 is 0.952 bits per heavy atom. The first-order valence-corrected chi connectivity index (χ1v) is 6.76. The molecule has 21 heavy (non-hydrogen) atoms. The van der Waals surface area contributed by atoms with E-state index in [2.05, 4.69) is 16.0 Å². The Morgan fingerprint density at radius 2 is 1.71 bits per heavy atom. The number of carbonyl (C=O) groups excluding carboxylic acids is 2. The third-order valence-corrected chi connectivity index (χ3v) is 3.29. The molecule has 2 aromatic rings. The molecule has 0 saturated carbocycles. The fourth-order valence-electron chi connectivity index (χ4n) is 2.28. The lowest BCUT2D eigenvalue weighted by Crippen LogP contribution is -2.21. The van der Waals surface area contributed by atoms with Crippen molar-refractivity contribution in [3.05, 3.63) is 54.1 Å². The Morgan fingerprint density at radius 3 is 2.52 bits per heavy atom. The van der Waals surface area contributed by atoms with Crippen LogP contribution >= 0.6 is 0 Å². The van der Waals surface area contributed by atoms with Crippen molar-refractivity contribution in [1.82, 2.24) is 0 Å². The predicted octanol–water partition coefficient (Wildman–Crippen LogP) is 3.22. The van der Waals surface area contributed by atoms with Gasteiger partial charge >= 0.3 is 6.03 Å². The van der Waals surface area contributed by atoms with Crippen LogP contribution in [0.5, 0.6) is 0 Å². The summed E-state index contributed by atoms with van der Waals surface area (Å²) < 4.78 is 0. The first-order valence-electron chi connectivity index (χ1n) is 6.76. The second-order valence-corrected chi connectivity index (χ2v) is 4.87. The fourth-order valence-corrected chi connectivity index (χ4v) is 2.28. The van der Waals surface area contributed by atoms with Crippen molar-refractivity contribution < 1.29 is 9.59 Å². The molecule has 0 fully saturated rings. The molecule has 3 N–H and O–H groups in total.